The van der Waals surface area contributed by atoms with Crippen LogP contribution in [0.15, 0.2) is 29.0 Å². The number of rotatable bonds is 3. The Hall–Kier alpha value is -3.21. The van der Waals surface area contributed by atoms with Gasteiger partial charge in [-0.05, 0) is 92.8 Å². The number of aliphatic hydroxyl groups excluding tert-OH is 3. The number of aromatic hydroxyl groups is 1. The van der Waals surface area contributed by atoms with E-state index in [-0.39, 0.29) is 22.8 Å². The topological polar surface area (TPSA) is 182 Å². The van der Waals surface area contributed by atoms with E-state index >= 15 is 0 Å². The lowest BCUT2D eigenvalue weighted by molar-refractivity contribution is -0.169. The van der Waals surface area contributed by atoms with E-state index in [2.05, 4.69) is 0 Å². The molecule has 0 aliphatic heterocycles. The summed E-state index contributed by atoms with van der Waals surface area (Å²) in [6.45, 7) is 1.76. The van der Waals surface area contributed by atoms with Crippen molar-refractivity contribution in [3.05, 3.63) is 45.7 Å². The number of phenols is 1. The molecule has 7 aliphatic rings. The van der Waals surface area contributed by atoms with Gasteiger partial charge in [-0.1, -0.05) is 19.1 Å². The minimum atomic E-state index is -2.90. The summed E-state index contributed by atoms with van der Waals surface area (Å²) in [5.74, 6) is -5.97. The minimum absolute atomic E-state index is 0.0947. The number of nitrogens with zero attached hydrogens (tertiary/aromatic N) is 1. The molecule has 224 valence electrons. The first-order chi connectivity index (χ1) is 19.8. The zero-order chi connectivity index (χ0) is 30.2. The highest BCUT2D eigenvalue weighted by atomic mass is 16.4. The van der Waals surface area contributed by atoms with Crippen molar-refractivity contribution in [2.24, 2.45) is 41.2 Å². The number of fused-ring (bicyclic) bond motifs is 3. The van der Waals surface area contributed by atoms with Crippen LogP contribution in [0, 0.1) is 35.5 Å². The summed E-state index contributed by atoms with van der Waals surface area (Å²) in [5.41, 5.74) is 2.62. The summed E-state index contributed by atoms with van der Waals surface area (Å²) in [4.78, 5) is 41.2. The number of hydrogen-bond donors (Lipinski definition) is 6. The Morgan fingerprint density at radius 2 is 1.52 bits per heavy atom. The van der Waals surface area contributed by atoms with E-state index in [0.29, 0.717) is 17.4 Å². The quantitative estimate of drug-likeness (QED) is 0.292. The van der Waals surface area contributed by atoms with E-state index in [1.807, 2.05) is 12.1 Å². The Labute approximate surface area is 243 Å². The maximum absolute atomic E-state index is 14.2. The Morgan fingerprint density at radius 3 is 2.07 bits per heavy atom. The lowest BCUT2D eigenvalue weighted by atomic mass is 9.50. The van der Waals surface area contributed by atoms with E-state index in [0.717, 1.165) is 43.1 Å². The molecule has 1 amide bonds. The number of benzene rings is 1. The molecule has 0 spiro atoms. The van der Waals surface area contributed by atoms with Crippen LogP contribution in [0.2, 0.25) is 0 Å². The van der Waals surface area contributed by atoms with Crippen molar-refractivity contribution in [1.29, 1.82) is 0 Å². The highest BCUT2D eigenvalue weighted by Crippen LogP contribution is 2.62. The second kappa shape index (κ2) is 8.90. The molecule has 6 atom stereocenters. The number of carbonyl (C=O) groups excluding carboxylic acids is 3. The highest BCUT2D eigenvalue weighted by Gasteiger charge is 2.68. The van der Waals surface area contributed by atoms with Gasteiger partial charge < -0.3 is 31.3 Å². The molecule has 0 radical (unpaired) electrons. The smallest absolute Gasteiger partial charge is 0.255 e. The second-order valence-electron chi connectivity index (χ2n) is 14.0. The number of carbonyl (C=O) groups is 3. The zero-order valence-corrected chi connectivity index (χ0v) is 23.9. The van der Waals surface area contributed by atoms with Crippen LogP contribution in [0.1, 0.15) is 67.6 Å². The molecule has 0 saturated heterocycles. The van der Waals surface area contributed by atoms with Crippen LogP contribution in [0.3, 0.4) is 0 Å². The molecule has 5 saturated carbocycles. The largest absolute Gasteiger partial charge is 0.508 e. The number of aliphatic hydroxyl groups is 4. The van der Waals surface area contributed by atoms with Crippen molar-refractivity contribution >= 4 is 23.2 Å². The summed E-state index contributed by atoms with van der Waals surface area (Å²) in [7, 11) is 2.99. The van der Waals surface area contributed by atoms with Gasteiger partial charge >= 0.3 is 0 Å². The third kappa shape index (κ3) is 3.28. The standard InChI is InChI=1S/C32H38N2O8/c1-11-16-4-5-17(19-14-7-12-6-13(9-14)10-15(19)8-12)25(35)20(16)26(36)21-18(11)27(37)23-24(34(2)3)28(38)22(31(33)41)30(40)32(23,42)29(21)39/h4-5,11-15,18-19,23-24,27,35-37,40,42H,6-10H2,1-3H3,(H2,33,41). The fourth-order valence-corrected chi connectivity index (χ4v) is 10.3. The number of phenolic OH excluding ortho intramolecular Hbond substituents is 1. The summed E-state index contributed by atoms with van der Waals surface area (Å²) < 4.78 is 0. The van der Waals surface area contributed by atoms with Crippen molar-refractivity contribution in [3.63, 3.8) is 0 Å². The molecule has 1 aromatic rings. The van der Waals surface area contributed by atoms with Gasteiger partial charge in [0.25, 0.3) is 5.91 Å². The molecule has 7 aliphatic carbocycles. The highest BCUT2D eigenvalue weighted by molar-refractivity contribution is 6.24. The number of primary amides is 1. The second-order valence-corrected chi connectivity index (χ2v) is 14.0. The van der Waals surface area contributed by atoms with Gasteiger partial charge in [-0.3, -0.25) is 19.3 Å². The molecule has 42 heavy (non-hydrogen) atoms. The molecule has 4 bridgehead atoms. The minimum Gasteiger partial charge on any atom is -0.508 e. The molecule has 5 fully saturated rings. The van der Waals surface area contributed by atoms with Crippen LogP contribution in [-0.2, 0) is 14.4 Å². The van der Waals surface area contributed by atoms with Crippen LogP contribution in [0.25, 0.3) is 5.76 Å². The van der Waals surface area contributed by atoms with E-state index in [1.165, 1.54) is 25.4 Å². The SMILES string of the molecule is CC1c2ccc(C3C4CC5CC(C4)CC3C5)c(O)c2C(O)=C2C(=O)C3(O)C(O)=C(C(N)=O)C(=O)C(N(C)C)C3C(O)C21. The maximum atomic E-state index is 14.2. The normalized spacial score (nSPS) is 42.1. The Bertz CT molecular complexity index is 1480. The number of likely N-dealkylation sites (N-methyl/N-ethyl adjacent to an activating group) is 1. The van der Waals surface area contributed by atoms with Gasteiger partial charge in [0.2, 0.25) is 5.78 Å². The first-order valence-corrected chi connectivity index (χ1v) is 15.0. The lowest BCUT2D eigenvalue weighted by Crippen LogP contribution is -2.70. The first kappa shape index (κ1) is 27.6. The van der Waals surface area contributed by atoms with Gasteiger partial charge in [-0.15, -0.1) is 0 Å². The molecule has 0 heterocycles. The first-order valence-electron chi connectivity index (χ1n) is 15.0. The molecule has 0 aromatic heterocycles. The third-order valence-electron chi connectivity index (χ3n) is 11.7. The predicted molar refractivity (Wildman–Crippen MR) is 150 cm³/mol. The maximum Gasteiger partial charge on any atom is 0.255 e. The van der Waals surface area contributed by atoms with Crippen LogP contribution >= 0.6 is 0 Å². The Kier molecular flexibility index (Phi) is 5.85. The summed E-state index contributed by atoms with van der Waals surface area (Å²) in [5, 5.41) is 58.3. The van der Waals surface area contributed by atoms with Crippen molar-refractivity contribution in [2.75, 3.05) is 14.1 Å². The Morgan fingerprint density at radius 1 is 0.952 bits per heavy atom. The number of ketones is 2. The zero-order valence-electron chi connectivity index (χ0n) is 23.9. The van der Waals surface area contributed by atoms with Crippen LogP contribution in [-0.4, -0.2) is 79.7 Å². The number of amides is 1. The number of nitrogens with two attached hydrogens (primary N) is 1. The molecule has 8 rings (SSSR count). The molecular formula is C32H38N2O8. The predicted octanol–water partition coefficient (Wildman–Crippen LogP) is 2.04. The van der Waals surface area contributed by atoms with Crippen molar-refractivity contribution in [2.45, 2.75) is 68.6 Å². The fourth-order valence-electron chi connectivity index (χ4n) is 10.3. The van der Waals surface area contributed by atoms with Crippen LogP contribution in [0.5, 0.6) is 5.75 Å². The molecule has 1 aromatic carbocycles. The van der Waals surface area contributed by atoms with E-state index in [9.17, 15) is 39.9 Å². The summed E-state index contributed by atoms with van der Waals surface area (Å²) >= 11 is 0. The Balaban J connectivity index is 1.40. The molecular weight excluding hydrogens is 540 g/mol. The van der Waals surface area contributed by atoms with Crippen molar-refractivity contribution in [1.82, 2.24) is 4.90 Å². The van der Waals surface area contributed by atoms with Crippen molar-refractivity contribution < 1.29 is 39.9 Å². The number of hydrogen-bond acceptors (Lipinski definition) is 9. The lowest BCUT2D eigenvalue weighted by Gasteiger charge is -2.55. The molecule has 7 N–H and O–H groups in total. The van der Waals surface area contributed by atoms with Crippen LogP contribution in [0.4, 0.5) is 0 Å². The summed E-state index contributed by atoms with van der Waals surface area (Å²) in [6, 6.07) is 2.41. The van der Waals surface area contributed by atoms with Gasteiger partial charge in [0, 0.05) is 11.5 Å². The van der Waals surface area contributed by atoms with Gasteiger partial charge in [-0.2, -0.15) is 0 Å². The van der Waals surface area contributed by atoms with E-state index in [4.69, 9.17) is 5.73 Å². The van der Waals surface area contributed by atoms with Crippen molar-refractivity contribution in [3.8, 4) is 5.75 Å². The third-order valence-corrected chi connectivity index (χ3v) is 11.7. The summed E-state index contributed by atoms with van der Waals surface area (Å²) in [6.07, 6.45) is 4.19. The average Bonchev–Trinajstić information content (AvgIpc) is 2.90. The number of Topliss-reactive ketones (excluding diaryl/α,β-unsaturated/α-hetero) is 2. The molecule has 10 nitrogen and oxygen atoms in total. The van der Waals surface area contributed by atoms with Gasteiger partial charge in [0.05, 0.1) is 23.6 Å². The van der Waals surface area contributed by atoms with E-state index in [1.54, 1.807) is 6.92 Å². The molecule has 10 heteroatoms. The molecule has 6 unspecified atom stereocenters. The van der Waals surface area contributed by atoms with Crippen LogP contribution < -0.4 is 5.73 Å². The van der Waals surface area contributed by atoms with Gasteiger partial charge in [0.15, 0.2) is 11.4 Å². The van der Waals surface area contributed by atoms with Gasteiger partial charge in [0.1, 0.15) is 22.8 Å². The van der Waals surface area contributed by atoms with E-state index < -0.39 is 70.1 Å². The van der Waals surface area contributed by atoms with Gasteiger partial charge in [-0.25, -0.2) is 0 Å². The average molecular weight is 579 g/mol. The monoisotopic (exact) mass is 578 g/mol. The fraction of sp³-hybridized carbons (Fsp3) is 0.594.